The van der Waals surface area contributed by atoms with E-state index in [0.717, 1.165) is 18.9 Å². The minimum absolute atomic E-state index is 0.0416. The molecule has 0 aromatic heterocycles. The minimum Gasteiger partial charge on any atom is -0.385 e. The highest BCUT2D eigenvalue weighted by Gasteiger charge is 2.36. The van der Waals surface area contributed by atoms with E-state index in [1.807, 2.05) is 6.92 Å². The number of hydrogen-bond acceptors (Lipinski definition) is 2. The molecule has 2 atom stereocenters. The van der Waals surface area contributed by atoms with E-state index in [1.54, 1.807) is 0 Å². The first-order chi connectivity index (χ1) is 8.53. The SMILES string of the molecule is CCCC1CC(O)(c2cc(F)cc(F)c2)CCO1. The molecule has 0 saturated carbocycles. The van der Waals surface area contributed by atoms with Crippen LogP contribution in [-0.2, 0) is 10.3 Å². The topological polar surface area (TPSA) is 29.5 Å². The Bertz CT molecular complexity index is 400. The lowest BCUT2D eigenvalue weighted by Crippen LogP contribution is -2.38. The van der Waals surface area contributed by atoms with Gasteiger partial charge in [0.25, 0.3) is 0 Å². The van der Waals surface area contributed by atoms with Gasteiger partial charge in [-0.3, -0.25) is 0 Å². The second kappa shape index (κ2) is 5.33. The van der Waals surface area contributed by atoms with Gasteiger partial charge in [-0.15, -0.1) is 0 Å². The fraction of sp³-hybridized carbons (Fsp3) is 0.571. The van der Waals surface area contributed by atoms with Crippen molar-refractivity contribution >= 4 is 0 Å². The maximum absolute atomic E-state index is 13.2. The van der Waals surface area contributed by atoms with E-state index in [-0.39, 0.29) is 6.10 Å². The van der Waals surface area contributed by atoms with Crippen LogP contribution in [0.4, 0.5) is 8.78 Å². The number of ether oxygens (including phenoxy) is 1. The van der Waals surface area contributed by atoms with Crippen LogP contribution < -0.4 is 0 Å². The van der Waals surface area contributed by atoms with Crippen LogP contribution in [0, 0.1) is 11.6 Å². The summed E-state index contributed by atoms with van der Waals surface area (Å²) in [6.45, 7) is 2.46. The molecule has 18 heavy (non-hydrogen) atoms. The molecule has 0 aliphatic carbocycles. The van der Waals surface area contributed by atoms with E-state index in [1.165, 1.54) is 12.1 Å². The Morgan fingerprint density at radius 1 is 1.33 bits per heavy atom. The maximum Gasteiger partial charge on any atom is 0.126 e. The van der Waals surface area contributed by atoms with Crippen molar-refractivity contribution in [3.05, 3.63) is 35.4 Å². The summed E-state index contributed by atoms with van der Waals surface area (Å²) in [6, 6.07) is 3.23. The Morgan fingerprint density at radius 3 is 2.61 bits per heavy atom. The largest absolute Gasteiger partial charge is 0.385 e. The Balaban J connectivity index is 2.23. The van der Waals surface area contributed by atoms with E-state index >= 15 is 0 Å². The van der Waals surface area contributed by atoms with Gasteiger partial charge in [-0.1, -0.05) is 13.3 Å². The predicted octanol–water partition coefficient (Wildman–Crippen LogP) is 3.13. The van der Waals surface area contributed by atoms with Crippen molar-refractivity contribution in [2.75, 3.05) is 6.61 Å². The summed E-state index contributed by atoms with van der Waals surface area (Å²) in [4.78, 5) is 0. The van der Waals surface area contributed by atoms with Gasteiger partial charge in [-0.25, -0.2) is 8.78 Å². The van der Waals surface area contributed by atoms with E-state index < -0.39 is 17.2 Å². The van der Waals surface area contributed by atoms with E-state index in [4.69, 9.17) is 4.74 Å². The Morgan fingerprint density at radius 2 is 2.00 bits per heavy atom. The monoisotopic (exact) mass is 256 g/mol. The molecule has 1 aromatic rings. The molecule has 1 fully saturated rings. The molecular weight excluding hydrogens is 238 g/mol. The minimum atomic E-state index is -1.18. The summed E-state index contributed by atoms with van der Waals surface area (Å²) >= 11 is 0. The summed E-state index contributed by atoms with van der Waals surface area (Å²) in [5.74, 6) is -1.31. The molecule has 1 N–H and O–H groups in total. The highest BCUT2D eigenvalue weighted by atomic mass is 19.1. The van der Waals surface area contributed by atoms with Crippen LogP contribution in [-0.4, -0.2) is 17.8 Å². The van der Waals surface area contributed by atoms with Crippen LogP contribution in [0.5, 0.6) is 0 Å². The van der Waals surface area contributed by atoms with Crippen molar-refractivity contribution in [3.63, 3.8) is 0 Å². The number of halogens is 2. The Labute approximate surface area is 106 Å². The van der Waals surface area contributed by atoms with Gasteiger partial charge in [0.15, 0.2) is 0 Å². The van der Waals surface area contributed by atoms with Gasteiger partial charge >= 0.3 is 0 Å². The number of aliphatic hydroxyl groups is 1. The van der Waals surface area contributed by atoms with Crippen molar-refractivity contribution in [2.45, 2.75) is 44.3 Å². The molecule has 0 spiro atoms. The summed E-state index contributed by atoms with van der Waals surface area (Å²) in [5.41, 5.74) is -0.870. The average Bonchev–Trinajstić information content (AvgIpc) is 2.28. The van der Waals surface area contributed by atoms with Gasteiger partial charge in [0.05, 0.1) is 18.3 Å². The van der Waals surface area contributed by atoms with Crippen molar-refractivity contribution in [3.8, 4) is 0 Å². The average molecular weight is 256 g/mol. The van der Waals surface area contributed by atoms with Crippen molar-refractivity contribution in [2.24, 2.45) is 0 Å². The standard InChI is InChI=1S/C14H18F2O2/c1-2-3-13-9-14(17,4-5-18-13)10-6-11(15)8-12(16)7-10/h6-8,13,17H,2-5,9H2,1H3. The molecule has 1 saturated heterocycles. The summed E-state index contributed by atoms with van der Waals surface area (Å²) in [6.07, 6.45) is 2.53. The van der Waals surface area contributed by atoms with Crippen molar-refractivity contribution in [1.29, 1.82) is 0 Å². The van der Waals surface area contributed by atoms with Gasteiger partial charge in [-0.05, 0) is 24.1 Å². The fourth-order valence-electron chi connectivity index (χ4n) is 2.52. The molecular formula is C14H18F2O2. The first kappa shape index (κ1) is 13.4. The molecule has 0 amide bonds. The predicted molar refractivity (Wildman–Crippen MR) is 64.1 cm³/mol. The molecule has 1 heterocycles. The number of benzene rings is 1. The van der Waals surface area contributed by atoms with Crippen LogP contribution in [0.3, 0.4) is 0 Å². The first-order valence-corrected chi connectivity index (χ1v) is 6.34. The fourth-order valence-corrected chi connectivity index (χ4v) is 2.52. The van der Waals surface area contributed by atoms with Crippen LogP contribution in [0.15, 0.2) is 18.2 Å². The molecule has 2 rings (SSSR count). The zero-order valence-corrected chi connectivity index (χ0v) is 10.5. The van der Waals surface area contributed by atoms with Gasteiger partial charge in [0, 0.05) is 18.9 Å². The van der Waals surface area contributed by atoms with E-state index in [9.17, 15) is 13.9 Å². The maximum atomic E-state index is 13.2. The van der Waals surface area contributed by atoms with Gasteiger partial charge in [0.2, 0.25) is 0 Å². The second-order valence-corrected chi connectivity index (χ2v) is 4.93. The molecule has 0 bridgehead atoms. The third kappa shape index (κ3) is 2.87. The molecule has 1 aliphatic heterocycles. The highest BCUT2D eigenvalue weighted by molar-refractivity contribution is 5.25. The normalized spacial score (nSPS) is 28.3. The van der Waals surface area contributed by atoms with Crippen LogP contribution in [0.1, 0.15) is 38.2 Å². The highest BCUT2D eigenvalue weighted by Crippen LogP contribution is 2.36. The molecule has 4 heteroatoms. The van der Waals surface area contributed by atoms with Crippen LogP contribution >= 0.6 is 0 Å². The molecule has 1 aromatic carbocycles. The quantitative estimate of drug-likeness (QED) is 0.900. The Hall–Kier alpha value is -1.00. The lowest BCUT2D eigenvalue weighted by molar-refractivity contribution is -0.110. The van der Waals surface area contributed by atoms with Crippen LogP contribution in [0.2, 0.25) is 0 Å². The van der Waals surface area contributed by atoms with Crippen molar-refractivity contribution < 1.29 is 18.6 Å². The summed E-state index contributed by atoms with van der Waals surface area (Å²) in [5, 5.41) is 10.6. The molecule has 100 valence electrons. The van der Waals surface area contributed by atoms with Crippen molar-refractivity contribution in [1.82, 2.24) is 0 Å². The third-order valence-electron chi connectivity index (χ3n) is 3.45. The summed E-state index contributed by atoms with van der Waals surface area (Å²) < 4.78 is 32.0. The number of rotatable bonds is 3. The zero-order chi connectivity index (χ0) is 13.2. The van der Waals surface area contributed by atoms with Gasteiger partial charge in [-0.2, -0.15) is 0 Å². The second-order valence-electron chi connectivity index (χ2n) is 4.93. The molecule has 2 unspecified atom stereocenters. The smallest absolute Gasteiger partial charge is 0.126 e. The summed E-state index contributed by atoms with van der Waals surface area (Å²) in [7, 11) is 0. The van der Waals surface area contributed by atoms with E-state index in [2.05, 4.69) is 0 Å². The Kier molecular flexibility index (Phi) is 3.97. The molecule has 2 nitrogen and oxygen atoms in total. The van der Waals surface area contributed by atoms with Gasteiger partial charge in [0.1, 0.15) is 11.6 Å². The number of hydrogen-bond donors (Lipinski definition) is 1. The zero-order valence-electron chi connectivity index (χ0n) is 10.5. The van der Waals surface area contributed by atoms with Gasteiger partial charge < -0.3 is 9.84 Å². The van der Waals surface area contributed by atoms with Crippen LogP contribution in [0.25, 0.3) is 0 Å². The third-order valence-corrected chi connectivity index (χ3v) is 3.45. The molecule has 1 aliphatic rings. The lowest BCUT2D eigenvalue weighted by Gasteiger charge is -2.37. The first-order valence-electron chi connectivity index (χ1n) is 6.34. The lowest BCUT2D eigenvalue weighted by atomic mass is 9.82. The van der Waals surface area contributed by atoms with E-state index in [0.29, 0.717) is 25.0 Å². The molecule has 0 radical (unpaired) electrons.